The third kappa shape index (κ3) is 2.82. The van der Waals surface area contributed by atoms with Gasteiger partial charge in [0.15, 0.2) is 0 Å². The second-order valence-corrected chi connectivity index (χ2v) is 4.35. The molecule has 16 heavy (non-hydrogen) atoms. The van der Waals surface area contributed by atoms with Gasteiger partial charge in [-0.15, -0.1) is 0 Å². The first-order valence-electron chi connectivity index (χ1n) is 5.51. The van der Waals surface area contributed by atoms with Crippen LogP contribution < -0.4 is 11.1 Å². The van der Waals surface area contributed by atoms with Crippen molar-refractivity contribution in [2.45, 2.75) is 45.8 Å². The molecule has 0 radical (unpaired) electrons. The van der Waals surface area contributed by atoms with E-state index in [0.717, 1.165) is 5.69 Å². The Kier molecular flexibility index (Phi) is 4.06. The highest BCUT2D eigenvalue weighted by Gasteiger charge is 2.19. The molecule has 1 aromatic rings. The second-order valence-electron chi connectivity index (χ2n) is 4.35. The van der Waals surface area contributed by atoms with Gasteiger partial charge in [-0.3, -0.25) is 4.79 Å². The van der Waals surface area contributed by atoms with Crippen molar-refractivity contribution in [1.29, 1.82) is 0 Å². The first kappa shape index (κ1) is 12.7. The Bertz CT molecular complexity index is 357. The Labute approximate surface area is 96.0 Å². The zero-order valence-electron chi connectivity index (χ0n) is 10.3. The molecule has 0 aliphatic heterocycles. The van der Waals surface area contributed by atoms with Crippen LogP contribution in [-0.2, 0) is 4.79 Å². The van der Waals surface area contributed by atoms with Gasteiger partial charge < -0.3 is 15.6 Å². The van der Waals surface area contributed by atoms with Crippen LogP contribution in [0.25, 0.3) is 0 Å². The van der Waals surface area contributed by atoms with E-state index in [9.17, 15) is 4.79 Å². The van der Waals surface area contributed by atoms with Crippen LogP contribution in [0.4, 0.5) is 0 Å². The second kappa shape index (κ2) is 5.12. The van der Waals surface area contributed by atoms with Gasteiger partial charge in [0.2, 0.25) is 5.91 Å². The lowest BCUT2D eigenvalue weighted by Gasteiger charge is -2.19. The monoisotopic (exact) mass is 224 g/mol. The molecule has 0 saturated carbocycles. The number of carbonyl (C=O) groups is 1. The highest BCUT2D eigenvalue weighted by atomic mass is 16.2. The van der Waals surface area contributed by atoms with Crippen molar-refractivity contribution in [2.75, 3.05) is 0 Å². The Balaban J connectivity index is 2.83. The van der Waals surface area contributed by atoms with E-state index in [1.54, 1.807) is 12.5 Å². The predicted molar refractivity (Wildman–Crippen MR) is 62.8 cm³/mol. The molecule has 1 unspecified atom stereocenters. The van der Waals surface area contributed by atoms with Crippen molar-refractivity contribution in [1.82, 2.24) is 14.9 Å². The largest absolute Gasteiger partial charge is 0.352 e. The maximum atomic E-state index is 11.8. The first-order valence-corrected chi connectivity index (χ1v) is 5.51. The van der Waals surface area contributed by atoms with Gasteiger partial charge in [-0.25, -0.2) is 4.98 Å². The van der Waals surface area contributed by atoms with Gasteiger partial charge >= 0.3 is 0 Å². The third-order valence-corrected chi connectivity index (χ3v) is 2.39. The van der Waals surface area contributed by atoms with Gasteiger partial charge in [0.05, 0.1) is 12.0 Å². The summed E-state index contributed by atoms with van der Waals surface area (Å²) < 4.78 is 1.81. The van der Waals surface area contributed by atoms with Crippen LogP contribution in [0.1, 0.15) is 45.5 Å². The fourth-order valence-electron chi connectivity index (χ4n) is 1.52. The van der Waals surface area contributed by atoms with Crippen LogP contribution >= 0.6 is 0 Å². The van der Waals surface area contributed by atoms with Crippen molar-refractivity contribution < 1.29 is 4.79 Å². The van der Waals surface area contributed by atoms with E-state index in [-0.39, 0.29) is 24.0 Å². The zero-order valence-corrected chi connectivity index (χ0v) is 10.3. The van der Waals surface area contributed by atoms with Crippen molar-refractivity contribution >= 4 is 5.91 Å². The number of rotatable bonds is 4. The maximum Gasteiger partial charge on any atom is 0.243 e. The number of carbonyl (C=O) groups excluding carboxylic acids is 1. The van der Waals surface area contributed by atoms with Gasteiger partial charge in [-0.05, 0) is 27.7 Å². The van der Waals surface area contributed by atoms with Crippen molar-refractivity contribution in [3.05, 3.63) is 18.2 Å². The minimum absolute atomic E-state index is 0.0186. The first-order chi connectivity index (χ1) is 7.43. The molecular weight excluding hydrogens is 204 g/mol. The molecule has 1 heterocycles. The van der Waals surface area contributed by atoms with Gasteiger partial charge in [-0.1, -0.05) is 0 Å². The summed E-state index contributed by atoms with van der Waals surface area (Å²) in [6.07, 6.45) is 3.34. The SMILES string of the molecule is CC(C)NC(=O)C(C)n1cncc1[C@@H](C)N. The molecule has 1 amide bonds. The minimum atomic E-state index is -0.286. The smallest absolute Gasteiger partial charge is 0.243 e. The van der Waals surface area contributed by atoms with E-state index in [2.05, 4.69) is 10.3 Å². The number of nitrogens with one attached hydrogen (secondary N) is 1. The Hall–Kier alpha value is -1.36. The summed E-state index contributed by atoms with van der Waals surface area (Å²) in [6, 6.07) is -0.278. The molecule has 0 fully saturated rings. The summed E-state index contributed by atoms with van der Waals surface area (Å²) in [6.45, 7) is 7.59. The summed E-state index contributed by atoms with van der Waals surface area (Å²) in [5.41, 5.74) is 6.67. The molecule has 0 aliphatic rings. The Morgan fingerprint density at radius 3 is 2.56 bits per heavy atom. The average Bonchev–Trinajstić information content (AvgIpc) is 2.63. The molecule has 0 bridgehead atoms. The van der Waals surface area contributed by atoms with Crippen molar-refractivity contribution in [3.63, 3.8) is 0 Å². The molecule has 0 aliphatic carbocycles. The van der Waals surface area contributed by atoms with Crippen molar-refractivity contribution in [2.24, 2.45) is 5.73 Å². The number of imidazole rings is 1. The van der Waals surface area contributed by atoms with Gasteiger partial charge in [0, 0.05) is 18.3 Å². The van der Waals surface area contributed by atoms with E-state index in [4.69, 9.17) is 5.73 Å². The number of nitrogens with zero attached hydrogens (tertiary/aromatic N) is 2. The van der Waals surface area contributed by atoms with E-state index >= 15 is 0 Å². The summed E-state index contributed by atoms with van der Waals surface area (Å²) in [7, 11) is 0. The molecule has 0 saturated heterocycles. The topological polar surface area (TPSA) is 72.9 Å². The van der Waals surface area contributed by atoms with E-state index < -0.39 is 0 Å². The molecule has 2 atom stereocenters. The zero-order chi connectivity index (χ0) is 12.3. The number of nitrogens with two attached hydrogens (primary N) is 1. The predicted octanol–water partition coefficient (Wildman–Crippen LogP) is 0.988. The lowest BCUT2D eigenvalue weighted by molar-refractivity contribution is -0.124. The van der Waals surface area contributed by atoms with E-state index in [1.165, 1.54) is 0 Å². The standard InChI is InChI=1S/C11H20N4O/c1-7(2)14-11(16)9(4)15-6-13-5-10(15)8(3)12/h5-9H,12H2,1-4H3,(H,14,16)/t8-,9?/m1/s1. The summed E-state index contributed by atoms with van der Waals surface area (Å²) in [4.78, 5) is 15.9. The molecule has 5 heteroatoms. The lowest BCUT2D eigenvalue weighted by atomic mass is 10.2. The minimum Gasteiger partial charge on any atom is -0.352 e. The molecule has 90 valence electrons. The molecule has 1 aromatic heterocycles. The third-order valence-electron chi connectivity index (χ3n) is 2.39. The van der Waals surface area contributed by atoms with E-state index in [1.807, 2.05) is 32.3 Å². The molecule has 0 spiro atoms. The highest BCUT2D eigenvalue weighted by molar-refractivity contribution is 5.80. The number of hydrogen-bond donors (Lipinski definition) is 2. The van der Waals surface area contributed by atoms with Crippen LogP contribution in [-0.4, -0.2) is 21.5 Å². The van der Waals surface area contributed by atoms with Crippen LogP contribution in [0.3, 0.4) is 0 Å². The number of aromatic nitrogens is 2. The fraction of sp³-hybridized carbons (Fsp3) is 0.636. The number of hydrogen-bond acceptors (Lipinski definition) is 3. The molecular formula is C11H20N4O. The van der Waals surface area contributed by atoms with Gasteiger partial charge in [0.1, 0.15) is 6.04 Å². The molecule has 1 rings (SSSR count). The fourth-order valence-corrected chi connectivity index (χ4v) is 1.52. The summed E-state index contributed by atoms with van der Waals surface area (Å²) >= 11 is 0. The average molecular weight is 224 g/mol. The Morgan fingerprint density at radius 2 is 2.06 bits per heavy atom. The van der Waals surface area contributed by atoms with Crippen molar-refractivity contribution in [3.8, 4) is 0 Å². The molecule has 0 aromatic carbocycles. The maximum absolute atomic E-state index is 11.8. The quantitative estimate of drug-likeness (QED) is 0.801. The Morgan fingerprint density at radius 1 is 1.44 bits per heavy atom. The van der Waals surface area contributed by atoms with Gasteiger partial charge in [0.25, 0.3) is 0 Å². The van der Waals surface area contributed by atoms with Crippen LogP contribution in [0.15, 0.2) is 12.5 Å². The van der Waals surface area contributed by atoms with Crippen LogP contribution in [0, 0.1) is 0 Å². The normalized spacial score (nSPS) is 14.9. The molecule has 3 N–H and O–H groups in total. The van der Waals surface area contributed by atoms with Crippen LogP contribution in [0.2, 0.25) is 0 Å². The molecule has 5 nitrogen and oxygen atoms in total. The number of amides is 1. The summed E-state index contributed by atoms with van der Waals surface area (Å²) in [5.74, 6) is -0.0186. The lowest BCUT2D eigenvalue weighted by Crippen LogP contribution is -2.36. The highest BCUT2D eigenvalue weighted by Crippen LogP contribution is 2.15. The summed E-state index contributed by atoms with van der Waals surface area (Å²) in [5, 5.41) is 2.87. The van der Waals surface area contributed by atoms with Gasteiger partial charge in [-0.2, -0.15) is 0 Å². The van der Waals surface area contributed by atoms with Crippen LogP contribution in [0.5, 0.6) is 0 Å². The van der Waals surface area contributed by atoms with E-state index in [0.29, 0.717) is 0 Å².